The largest absolute Gasteiger partial charge is 0.478 e. The maximum Gasteiger partial charge on any atom is 0.328 e. The molecule has 0 saturated carbocycles. The van der Waals surface area contributed by atoms with Gasteiger partial charge in [-0.25, -0.2) is 4.79 Å². The minimum atomic E-state index is -0.913. The molecule has 1 atom stereocenters. The highest BCUT2D eigenvalue weighted by atomic mass is 16.4. The number of carboxylic acid groups (broad SMARTS) is 1. The molecular weight excluding hydrogens is 200 g/mol. The van der Waals surface area contributed by atoms with E-state index < -0.39 is 5.97 Å². The van der Waals surface area contributed by atoms with Crippen molar-refractivity contribution in [2.75, 3.05) is 0 Å². The average Bonchev–Trinajstić information content (AvgIpc) is 2.28. The lowest BCUT2D eigenvalue weighted by molar-refractivity contribution is -0.131. The van der Waals surface area contributed by atoms with Crippen molar-refractivity contribution in [3.05, 3.63) is 41.5 Å². The van der Waals surface area contributed by atoms with Crippen LogP contribution < -0.4 is 0 Å². The standard InChI is InChI=1S/C14H18O2/c1-3-11(2)10-13-6-4-12(5-7-13)8-9-14(15)16/h4-9,11H,3,10H2,1-2H3,(H,15,16)/b9-8+. The minimum Gasteiger partial charge on any atom is -0.478 e. The third-order valence-corrected chi connectivity index (χ3v) is 2.68. The fourth-order valence-corrected chi connectivity index (χ4v) is 1.48. The Kier molecular flexibility index (Phi) is 4.77. The number of carbonyl (C=O) groups is 1. The lowest BCUT2D eigenvalue weighted by Crippen LogP contribution is -1.97. The summed E-state index contributed by atoms with van der Waals surface area (Å²) in [6.45, 7) is 4.42. The van der Waals surface area contributed by atoms with Gasteiger partial charge >= 0.3 is 5.97 Å². The van der Waals surface area contributed by atoms with E-state index in [0.29, 0.717) is 5.92 Å². The van der Waals surface area contributed by atoms with Gasteiger partial charge in [-0.05, 0) is 29.5 Å². The van der Waals surface area contributed by atoms with Crippen molar-refractivity contribution in [3.8, 4) is 0 Å². The summed E-state index contributed by atoms with van der Waals surface area (Å²) in [6, 6.07) is 8.04. The number of carboxylic acids is 1. The number of hydrogen-bond acceptors (Lipinski definition) is 1. The fraction of sp³-hybridized carbons (Fsp3) is 0.357. The predicted octanol–water partition coefficient (Wildman–Crippen LogP) is 3.37. The highest BCUT2D eigenvalue weighted by molar-refractivity contribution is 5.85. The van der Waals surface area contributed by atoms with Crippen molar-refractivity contribution in [1.82, 2.24) is 0 Å². The molecule has 2 nitrogen and oxygen atoms in total. The third kappa shape index (κ3) is 4.30. The molecule has 1 unspecified atom stereocenters. The van der Waals surface area contributed by atoms with Gasteiger partial charge in [0.1, 0.15) is 0 Å². The van der Waals surface area contributed by atoms with Gasteiger partial charge in [0, 0.05) is 6.08 Å². The summed E-state index contributed by atoms with van der Waals surface area (Å²) in [7, 11) is 0. The summed E-state index contributed by atoms with van der Waals surface area (Å²) in [5.74, 6) is -0.218. The van der Waals surface area contributed by atoms with Gasteiger partial charge in [-0.1, -0.05) is 44.5 Å². The number of hydrogen-bond donors (Lipinski definition) is 1. The average molecular weight is 218 g/mol. The summed E-state index contributed by atoms with van der Waals surface area (Å²) >= 11 is 0. The van der Waals surface area contributed by atoms with Crippen LogP contribution in [0.1, 0.15) is 31.4 Å². The van der Waals surface area contributed by atoms with E-state index in [0.717, 1.165) is 18.1 Å². The van der Waals surface area contributed by atoms with E-state index in [1.54, 1.807) is 6.08 Å². The summed E-state index contributed by atoms with van der Waals surface area (Å²) in [5, 5.41) is 8.49. The second kappa shape index (κ2) is 6.11. The quantitative estimate of drug-likeness (QED) is 0.769. The van der Waals surface area contributed by atoms with E-state index in [-0.39, 0.29) is 0 Å². The van der Waals surface area contributed by atoms with Gasteiger partial charge < -0.3 is 5.11 Å². The van der Waals surface area contributed by atoms with Gasteiger partial charge in [-0.2, -0.15) is 0 Å². The normalized spacial score (nSPS) is 12.9. The molecule has 0 spiro atoms. The highest BCUT2D eigenvalue weighted by Crippen LogP contribution is 2.13. The Morgan fingerprint density at radius 3 is 2.50 bits per heavy atom. The molecule has 1 N–H and O–H groups in total. The number of aliphatic carboxylic acids is 1. The molecule has 0 bridgehead atoms. The first-order valence-electron chi connectivity index (χ1n) is 5.61. The molecule has 0 fully saturated rings. The van der Waals surface area contributed by atoms with E-state index in [9.17, 15) is 4.79 Å². The summed E-state index contributed by atoms with van der Waals surface area (Å²) < 4.78 is 0. The first-order chi connectivity index (χ1) is 7.61. The second-order valence-corrected chi connectivity index (χ2v) is 4.13. The van der Waals surface area contributed by atoms with Gasteiger partial charge in [0.25, 0.3) is 0 Å². The molecule has 0 saturated heterocycles. The van der Waals surface area contributed by atoms with Gasteiger partial charge in [0.05, 0.1) is 0 Å². The molecule has 0 aromatic heterocycles. The maximum atomic E-state index is 10.3. The lowest BCUT2D eigenvalue weighted by atomic mass is 9.98. The van der Waals surface area contributed by atoms with Gasteiger partial charge in [-0.3, -0.25) is 0 Å². The molecule has 0 aliphatic heterocycles. The molecule has 0 amide bonds. The van der Waals surface area contributed by atoms with Crippen LogP contribution in [0.15, 0.2) is 30.3 Å². The van der Waals surface area contributed by atoms with Crippen LogP contribution in [0.25, 0.3) is 6.08 Å². The molecule has 0 heterocycles. The molecule has 0 aliphatic carbocycles. The molecule has 1 rings (SSSR count). The SMILES string of the molecule is CCC(C)Cc1ccc(/C=C/C(=O)O)cc1. The van der Waals surface area contributed by atoms with Crippen LogP contribution in [-0.4, -0.2) is 11.1 Å². The van der Waals surface area contributed by atoms with Crippen molar-refractivity contribution in [3.63, 3.8) is 0 Å². The topological polar surface area (TPSA) is 37.3 Å². The number of rotatable bonds is 5. The molecule has 0 aliphatic rings. The Bertz CT molecular complexity index is 363. The molecule has 1 aromatic carbocycles. The Balaban J connectivity index is 2.64. The molecule has 2 heteroatoms. The first-order valence-corrected chi connectivity index (χ1v) is 5.61. The monoisotopic (exact) mass is 218 g/mol. The van der Waals surface area contributed by atoms with Gasteiger partial charge in [-0.15, -0.1) is 0 Å². The van der Waals surface area contributed by atoms with E-state index >= 15 is 0 Å². The molecule has 1 aromatic rings. The van der Waals surface area contributed by atoms with Crippen LogP contribution in [0.3, 0.4) is 0 Å². The summed E-state index contributed by atoms with van der Waals surface area (Å²) in [4.78, 5) is 10.3. The first kappa shape index (κ1) is 12.5. The minimum absolute atomic E-state index is 0.695. The lowest BCUT2D eigenvalue weighted by Gasteiger charge is -2.08. The molecular formula is C14H18O2. The Hall–Kier alpha value is -1.57. The van der Waals surface area contributed by atoms with Crippen LogP contribution in [-0.2, 0) is 11.2 Å². The smallest absolute Gasteiger partial charge is 0.328 e. The second-order valence-electron chi connectivity index (χ2n) is 4.13. The van der Waals surface area contributed by atoms with Crippen molar-refractivity contribution >= 4 is 12.0 Å². The van der Waals surface area contributed by atoms with Crippen molar-refractivity contribution in [2.45, 2.75) is 26.7 Å². The summed E-state index contributed by atoms with van der Waals surface area (Å²) in [6.07, 6.45) is 5.03. The van der Waals surface area contributed by atoms with Crippen LogP contribution >= 0.6 is 0 Å². The zero-order valence-electron chi connectivity index (χ0n) is 9.81. The van der Waals surface area contributed by atoms with Crippen LogP contribution in [0, 0.1) is 5.92 Å². The van der Waals surface area contributed by atoms with Crippen LogP contribution in [0.5, 0.6) is 0 Å². The number of benzene rings is 1. The van der Waals surface area contributed by atoms with Crippen LogP contribution in [0.4, 0.5) is 0 Å². The molecule has 86 valence electrons. The van der Waals surface area contributed by atoms with Gasteiger partial charge in [0.15, 0.2) is 0 Å². The zero-order chi connectivity index (χ0) is 12.0. The van der Waals surface area contributed by atoms with Crippen molar-refractivity contribution in [2.24, 2.45) is 5.92 Å². The predicted molar refractivity (Wildman–Crippen MR) is 66.3 cm³/mol. The van der Waals surface area contributed by atoms with E-state index in [1.807, 2.05) is 12.1 Å². The Labute approximate surface area is 96.6 Å². The van der Waals surface area contributed by atoms with Crippen LogP contribution in [0.2, 0.25) is 0 Å². The maximum absolute atomic E-state index is 10.3. The summed E-state index contributed by atoms with van der Waals surface area (Å²) in [5.41, 5.74) is 2.23. The van der Waals surface area contributed by atoms with E-state index in [4.69, 9.17) is 5.11 Å². The Morgan fingerprint density at radius 1 is 1.38 bits per heavy atom. The molecule has 0 radical (unpaired) electrons. The van der Waals surface area contributed by atoms with Gasteiger partial charge in [0.2, 0.25) is 0 Å². The zero-order valence-corrected chi connectivity index (χ0v) is 9.81. The third-order valence-electron chi connectivity index (χ3n) is 2.68. The molecule has 16 heavy (non-hydrogen) atoms. The van der Waals surface area contributed by atoms with E-state index in [1.165, 1.54) is 12.0 Å². The van der Waals surface area contributed by atoms with E-state index in [2.05, 4.69) is 26.0 Å². The van der Waals surface area contributed by atoms with Crippen molar-refractivity contribution in [1.29, 1.82) is 0 Å². The fourth-order valence-electron chi connectivity index (χ4n) is 1.48. The Morgan fingerprint density at radius 2 is 2.00 bits per heavy atom. The van der Waals surface area contributed by atoms with Crippen molar-refractivity contribution < 1.29 is 9.90 Å². The highest BCUT2D eigenvalue weighted by Gasteiger charge is 2.00.